The number of hydrogen-bond donors (Lipinski definition) is 1. The highest BCUT2D eigenvalue weighted by Gasteiger charge is 2.26. The summed E-state index contributed by atoms with van der Waals surface area (Å²) in [5, 5.41) is 14.0. The Morgan fingerprint density at radius 3 is 2.68 bits per heavy atom. The Bertz CT molecular complexity index is 458. The fraction of sp³-hybridized carbons (Fsp3) is 0.583. The highest BCUT2D eigenvalue weighted by molar-refractivity contribution is 5.61. The topological polar surface area (TPSA) is 80.5 Å². The summed E-state index contributed by atoms with van der Waals surface area (Å²) in [6.07, 6.45) is 1.96. The molecule has 2 heterocycles. The number of anilines is 2. The van der Waals surface area contributed by atoms with E-state index in [4.69, 9.17) is 4.74 Å². The lowest BCUT2D eigenvalue weighted by molar-refractivity contribution is -0.384. The lowest BCUT2D eigenvalue weighted by Gasteiger charge is -2.31. The van der Waals surface area contributed by atoms with Gasteiger partial charge in [0.25, 0.3) is 0 Å². The molecule has 1 aromatic heterocycles. The van der Waals surface area contributed by atoms with Crippen molar-refractivity contribution in [2.24, 2.45) is 0 Å². The van der Waals surface area contributed by atoms with E-state index in [1.54, 1.807) is 20.2 Å². The second-order valence-electron chi connectivity index (χ2n) is 4.47. The molecule has 0 unspecified atom stereocenters. The molecule has 1 N–H and O–H groups in total. The number of ether oxygens (including phenoxy) is 1. The lowest BCUT2D eigenvalue weighted by Crippen LogP contribution is -2.37. The number of hydrogen-bond acceptors (Lipinski definition) is 6. The van der Waals surface area contributed by atoms with E-state index in [9.17, 15) is 10.1 Å². The van der Waals surface area contributed by atoms with Gasteiger partial charge in [0.1, 0.15) is 5.82 Å². The summed E-state index contributed by atoms with van der Waals surface area (Å²) in [6.45, 7) is 1.44. The number of rotatable bonds is 4. The van der Waals surface area contributed by atoms with Gasteiger partial charge in [-0.2, -0.15) is 0 Å². The quantitative estimate of drug-likeness (QED) is 0.659. The molecule has 1 fully saturated rings. The average Bonchev–Trinajstić information content (AvgIpc) is 2.46. The predicted molar refractivity (Wildman–Crippen MR) is 72.7 cm³/mol. The highest BCUT2D eigenvalue weighted by Crippen LogP contribution is 2.30. The number of nitro groups is 1. The molecule has 0 amide bonds. The van der Waals surface area contributed by atoms with Gasteiger partial charge in [0.05, 0.1) is 11.0 Å². The van der Waals surface area contributed by atoms with Crippen LogP contribution in [-0.4, -0.2) is 43.3 Å². The number of piperidine rings is 1. The standard InChI is InChI=1S/C12H18N4O3/c1-13-11-4-3-10(16(17)18)12(14-11)15-7-5-9(19-2)6-8-15/h3-4,9H,5-8H2,1-2H3,(H,13,14). The Morgan fingerprint density at radius 1 is 1.47 bits per heavy atom. The SMILES string of the molecule is CNc1ccc([N+](=O)[O-])c(N2CCC(OC)CC2)n1. The van der Waals surface area contributed by atoms with Gasteiger partial charge in [0, 0.05) is 33.3 Å². The molecule has 0 aromatic carbocycles. The lowest BCUT2D eigenvalue weighted by atomic mass is 10.1. The molecule has 7 heteroatoms. The van der Waals surface area contributed by atoms with Crippen LogP contribution in [0.25, 0.3) is 0 Å². The van der Waals surface area contributed by atoms with Crippen molar-refractivity contribution in [1.82, 2.24) is 4.98 Å². The maximum absolute atomic E-state index is 11.1. The molecular weight excluding hydrogens is 248 g/mol. The van der Waals surface area contributed by atoms with Crippen LogP contribution >= 0.6 is 0 Å². The maximum atomic E-state index is 11.1. The van der Waals surface area contributed by atoms with E-state index in [2.05, 4.69) is 10.3 Å². The van der Waals surface area contributed by atoms with Crippen molar-refractivity contribution in [2.45, 2.75) is 18.9 Å². The number of nitrogens with one attached hydrogen (secondary N) is 1. The predicted octanol–water partition coefficient (Wildman–Crippen LogP) is 1.65. The molecular formula is C12H18N4O3. The minimum Gasteiger partial charge on any atom is -0.381 e. The van der Waals surface area contributed by atoms with Crippen LogP contribution in [-0.2, 0) is 4.74 Å². The maximum Gasteiger partial charge on any atom is 0.311 e. The largest absolute Gasteiger partial charge is 0.381 e. The van der Waals surface area contributed by atoms with Gasteiger partial charge >= 0.3 is 5.69 Å². The van der Waals surface area contributed by atoms with Crippen LogP contribution in [0.4, 0.5) is 17.3 Å². The Labute approximate surface area is 111 Å². The second-order valence-corrected chi connectivity index (χ2v) is 4.47. The van der Waals surface area contributed by atoms with Crippen molar-refractivity contribution < 1.29 is 9.66 Å². The van der Waals surface area contributed by atoms with Crippen LogP contribution in [0.2, 0.25) is 0 Å². The van der Waals surface area contributed by atoms with Crippen LogP contribution in [0.3, 0.4) is 0 Å². The first-order valence-electron chi connectivity index (χ1n) is 6.26. The Morgan fingerprint density at radius 2 is 2.16 bits per heavy atom. The van der Waals surface area contributed by atoms with E-state index in [-0.39, 0.29) is 16.7 Å². The second kappa shape index (κ2) is 5.83. The normalized spacial score (nSPS) is 16.4. The van der Waals surface area contributed by atoms with E-state index in [0.29, 0.717) is 11.6 Å². The molecule has 0 saturated carbocycles. The zero-order valence-corrected chi connectivity index (χ0v) is 11.1. The first-order valence-corrected chi connectivity index (χ1v) is 6.26. The summed E-state index contributed by atoms with van der Waals surface area (Å²) in [6, 6.07) is 3.11. The van der Waals surface area contributed by atoms with E-state index in [0.717, 1.165) is 25.9 Å². The molecule has 1 saturated heterocycles. The van der Waals surface area contributed by atoms with Gasteiger partial charge in [0.15, 0.2) is 0 Å². The highest BCUT2D eigenvalue weighted by atomic mass is 16.6. The van der Waals surface area contributed by atoms with Gasteiger partial charge in [-0.25, -0.2) is 4.98 Å². The number of pyridine rings is 1. The third-order valence-electron chi connectivity index (χ3n) is 3.38. The molecule has 0 bridgehead atoms. The van der Waals surface area contributed by atoms with Gasteiger partial charge in [0.2, 0.25) is 5.82 Å². The van der Waals surface area contributed by atoms with Crippen LogP contribution in [0.15, 0.2) is 12.1 Å². The van der Waals surface area contributed by atoms with Crippen LogP contribution in [0.1, 0.15) is 12.8 Å². The Kier molecular flexibility index (Phi) is 4.16. The Hall–Kier alpha value is -1.89. The van der Waals surface area contributed by atoms with Gasteiger partial charge in [-0.1, -0.05) is 0 Å². The molecule has 2 rings (SSSR count). The summed E-state index contributed by atoms with van der Waals surface area (Å²) in [5.41, 5.74) is 0.0508. The smallest absolute Gasteiger partial charge is 0.311 e. The van der Waals surface area contributed by atoms with Gasteiger partial charge in [-0.15, -0.1) is 0 Å². The van der Waals surface area contributed by atoms with E-state index >= 15 is 0 Å². The third-order valence-corrected chi connectivity index (χ3v) is 3.38. The van der Waals surface area contributed by atoms with E-state index in [1.807, 2.05) is 4.90 Å². The molecule has 1 aliphatic heterocycles. The molecule has 104 valence electrons. The molecule has 0 radical (unpaired) electrons. The van der Waals surface area contributed by atoms with Gasteiger partial charge in [-0.3, -0.25) is 10.1 Å². The van der Waals surface area contributed by atoms with Crippen LogP contribution in [0.5, 0.6) is 0 Å². The number of nitrogens with zero attached hydrogens (tertiary/aromatic N) is 3. The number of aromatic nitrogens is 1. The van der Waals surface area contributed by atoms with Crippen molar-refractivity contribution in [3.05, 3.63) is 22.2 Å². The van der Waals surface area contributed by atoms with Crippen molar-refractivity contribution in [3.63, 3.8) is 0 Å². The fourth-order valence-electron chi connectivity index (χ4n) is 2.26. The molecule has 1 aromatic rings. The van der Waals surface area contributed by atoms with Crippen LogP contribution < -0.4 is 10.2 Å². The molecule has 0 spiro atoms. The molecule has 0 atom stereocenters. The summed E-state index contributed by atoms with van der Waals surface area (Å²) in [5.74, 6) is 1.07. The Balaban J connectivity index is 2.24. The van der Waals surface area contributed by atoms with Gasteiger partial charge in [-0.05, 0) is 18.9 Å². The van der Waals surface area contributed by atoms with E-state index < -0.39 is 0 Å². The first kappa shape index (κ1) is 13.5. The minimum atomic E-state index is -0.385. The molecule has 0 aliphatic carbocycles. The summed E-state index contributed by atoms with van der Waals surface area (Å²) in [7, 11) is 3.44. The average molecular weight is 266 g/mol. The zero-order valence-electron chi connectivity index (χ0n) is 11.1. The minimum absolute atomic E-state index is 0.0508. The van der Waals surface area contributed by atoms with Crippen molar-refractivity contribution in [3.8, 4) is 0 Å². The summed E-state index contributed by atoms with van der Waals surface area (Å²) < 4.78 is 5.30. The van der Waals surface area contributed by atoms with Crippen LogP contribution in [0, 0.1) is 10.1 Å². The van der Waals surface area contributed by atoms with Gasteiger partial charge < -0.3 is 15.0 Å². The molecule has 7 nitrogen and oxygen atoms in total. The zero-order chi connectivity index (χ0) is 13.8. The van der Waals surface area contributed by atoms with Crippen molar-refractivity contribution in [1.29, 1.82) is 0 Å². The van der Waals surface area contributed by atoms with Crippen molar-refractivity contribution >= 4 is 17.3 Å². The molecule has 1 aliphatic rings. The third kappa shape index (κ3) is 2.93. The summed E-state index contributed by atoms with van der Waals surface area (Å²) in [4.78, 5) is 17.0. The molecule has 19 heavy (non-hydrogen) atoms. The summed E-state index contributed by atoms with van der Waals surface area (Å²) >= 11 is 0. The fourth-order valence-corrected chi connectivity index (χ4v) is 2.26. The number of methoxy groups -OCH3 is 1. The first-order chi connectivity index (χ1) is 9.15. The monoisotopic (exact) mass is 266 g/mol. The van der Waals surface area contributed by atoms with Crippen molar-refractivity contribution in [2.75, 3.05) is 37.5 Å². The van der Waals surface area contributed by atoms with E-state index in [1.165, 1.54) is 6.07 Å².